The predicted octanol–water partition coefficient (Wildman–Crippen LogP) is 0.787. The van der Waals surface area contributed by atoms with Gasteiger partial charge in [0, 0.05) is 32.7 Å². The summed E-state index contributed by atoms with van der Waals surface area (Å²) in [6.45, 7) is 1.66. The van der Waals surface area contributed by atoms with Crippen LogP contribution in [0.4, 0.5) is 13.2 Å². The van der Waals surface area contributed by atoms with Gasteiger partial charge in [0.1, 0.15) is 12.6 Å². The molecule has 1 saturated carbocycles. The van der Waals surface area contributed by atoms with Crippen molar-refractivity contribution in [1.29, 1.82) is 0 Å². The quantitative estimate of drug-likeness (QED) is 0.716. The van der Waals surface area contributed by atoms with Gasteiger partial charge in [0.15, 0.2) is 0 Å². The molecule has 5 nitrogen and oxygen atoms in total. The second-order valence-corrected chi connectivity index (χ2v) is 5.61. The summed E-state index contributed by atoms with van der Waals surface area (Å²) in [5.41, 5.74) is 0. The van der Waals surface area contributed by atoms with E-state index in [0.29, 0.717) is 38.7 Å². The Morgan fingerprint density at radius 3 is 2.50 bits per heavy atom. The number of rotatable bonds is 7. The molecular formula is C13H23ClF3N3O2. The van der Waals surface area contributed by atoms with Gasteiger partial charge < -0.3 is 15.4 Å². The van der Waals surface area contributed by atoms with Gasteiger partial charge in [0.05, 0.1) is 6.61 Å². The molecule has 1 heterocycles. The van der Waals surface area contributed by atoms with Gasteiger partial charge in [-0.3, -0.25) is 9.69 Å². The number of nitrogens with zero attached hydrogens (tertiary/aromatic N) is 1. The Morgan fingerprint density at radius 2 is 1.95 bits per heavy atom. The molecule has 130 valence electrons. The van der Waals surface area contributed by atoms with E-state index in [4.69, 9.17) is 4.74 Å². The van der Waals surface area contributed by atoms with Crippen molar-refractivity contribution in [3.8, 4) is 0 Å². The highest BCUT2D eigenvalue weighted by Gasteiger charge is 2.43. The highest BCUT2D eigenvalue weighted by atomic mass is 35.5. The lowest BCUT2D eigenvalue weighted by molar-refractivity contribution is -0.184. The fraction of sp³-hybridized carbons (Fsp3) is 0.923. The highest BCUT2D eigenvalue weighted by Crippen LogP contribution is 2.28. The molecule has 1 amide bonds. The van der Waals surface area contributed by atoms with Crippen LogP contribution in [-0.2, 0) is 9.53 Å². The molecule has 0 aromatic heterocycles. The average molecular weight is 346 g/mol. The van der Waals surface area contributed by atoms with Crippen molar-refractivity contribution in [1.82, 2.24) is 15.5 Å². The van der Waals surface area contributed by atoms with Crippen LogP contribution in [0, 0.1) is 5.92 Å². The molecule has 0 aromatic carbocycles. The molecule has 2 fully saturated rings. The first kappa shape index (κ1) is 19.5. The monoisotopic (exact) mass is 345 g/mol. The molecule has 1 aliphatic heterocycles. The second-order valence-electron chi connectivity index (χ2n) is 5.61. The number of nitrogens with one attached hydrogen (secondary N) is 2. The first-order chi connectivity index (χ1) is 9.97. The maximum absolute atomic E-state index is 13.1. The van der Waals surface area contributed by atoms with Crippen LogP contribution in [0.15, 0.2) is 0 Å². The number of hydrogen-bond donors (Lipinski definition) is 2. The second kappa shape index (κ2) is 8.90. The molecule has 1 saturated heterocycles. The van der Waals surface area contributed by atoms with Crippen molar-refractivity contribution < 1.29 is 22.7 Å². The van der Waals surface area contributed by atoms with Crippen molar-refractivity contribution in [2.75, 3.05) is 45.9 Å². The van der Waals surface area contributed by atoms with Crippen LogP contribution in [0.3, 0.4) is 0 Å². The summed E-state index contributed by atoms with van der Waals surface area (Å²) in [6, 6.07) is -1.63. The number of halogens is 4. The summed E-state index contributed by atoms with van der Waals surface area (Å²) in [5.74, 6) is 0.0432. The van der Waals surface area contributed by atoms with E-state index < -0.39 is 24.7 Å². The normalized spacial score (nSPS) is 21.0. The van der Waals surface area contributed by atoms with Crippen molar-refractivity contribution >= 4 is 18.3 Å². The van der Waals surface area contributed by atoms with Crippen LogP contribution in [0.5, 0.6) is 0 Å². The molecule has 9 heteroatoms. The van der Waals surface area contributed by atoms with Crippen LogP contribution in [-0.4, -0.2) is 69.0 Å². The van der Waals surface area contributed by atoms with Crippen molar-refractivity contribution in [2.24, 2.45) is 5.92 Å². The standard InChI is InChI=1S/C13H22F3N3O2.ClH/c14-13(15,16)11(19-5-3-17-4-6-19)7-18-12(20)9-21-8-10-1-2-10;/h10-11,17H,1-9H2,(H,18,20);1H. The molecule has 2 N–H and O–H groups in total. The summed E-state index contributed by atoms with van der Waals surface area (Å²) in [6.07, 6.45) is -2.12. The Morgan fingerprint density at radius 1 is 1.32 bits per heavy atom. The van der Waals surface area contributed by atoms with Gasteiger partial charge in [-0.25, -0.2) is 0 Å². The smallest absolute Gasteiger partial charge is 0.371 e. The van der Waals surface area contributed by atoms with Crippen molar-refractivity contribution in [2.45, 2.75) is 25.1 Å². The molecule has 0 spiro atoms. The highest BCUT2D eigenvalue weighted by molar-refractivity contribution is 5.85. The van der Waals surface area contributed by atoms with E-state index in [-0.39, 0.29) is 19.0 Å². The number of carbonyl (C=O) groups is 1. The zero-order valence-electron chi connectivity index (χ0n) is 12.3. The molecular weight excluding hydrogens is 323 g/mol. The number of carbonyl (C=O) groups excluding carboxylic acids is 1. The maximum Gasteiger partial charge on any atom is 0.405 e. The van der Waals surface area contributed by atoms with Crippen LogP contribution in [0.1, 0.15) is 12.8 Å². The number of amides is 1. The molecule has 1 aliphatic carbocycles. The Balaban J connectivity index is 0.00000242. The molecule has 2 aliphatic rings. The Hall–Kier alpha value is -0.570. The van der Waals surface area contributed by atoms with Crippen LogP contribution < -0.4 is 10.6 Å². The minimum atomic E-state index is -4.35. The van der Waals surface area contributed by atoms with E-state index in [1.165, 1.54) is 4.90 Å². The molecule has 1 atom stereocenters. The average Bonchev–Trinajstić information content (AvgIpc) is 3.23. The van der Waals surface area contributed by atoms with E-state index >= 15 is 0 Å². The van der Waals surface area contributed by atoms with Crippen LogP contribution in [0.25, 0.3) is 0 Å². The first-order valence-electron chi connectivity index (χ1n) is 7.32. The van der Waals surface area contributed by atoms with E-state index in [1.807, 2.05) is 0 Å². The number of piperazine rings is 1. The summed E-state index contributed by atoms with van der Waals surface area (Å²) in [7, 11) is 0. The molecule has 22 heavy (non-hydrogen) atoms. The third-order valence-electron chi connectivity index (χ3n) is 3.75. The number of alkyl halides is 3. The third-order valence-corrected chi connectivity index (χ3v) is 3.75. The molecule has 1 unspecified atom stereocenters. The van der Waals surface area contributed by atoms with Gasteiger partial charge in [-0.1, -0.05) is 0 Å². The van der Waals surface area contributed by atoms with Gasteiger partial charge >= 0.3 is 6.18 Å². The van der Waals surface area contributed by atoms with Crippen LogP contribution in [0.2, 0.25) is 0 Å². The van der Waals surface area contributed by atoms with Gasteiger partial charge in [-0.05, 0) is 18.8 Å². The molecule has 2 rings (SSSR count). The summed E-state index contributed by atoms with van der Waals surface area (Å²) in [4.78, 5) is 12.9. The topological polar surface area (TPSA) is 53.6 Å². The van der Waals surface area contributed by atoms with E-state index in [2.05, 4.69) is 10.6 Å². The SMILES string of the molecule is Cl.O=C(COCC1CC1)NCC(N1CCNCC1)C(F)(F)F. The summed E-state index contributed by atoms with van der Waals surface area (Å²) in [5, 5.41) is 5.35. The maximum atomic E-state index is 13.1. The Kier molecular flexibility index (Phi) is 7.88. The largest absolute Gasteiger partial charge is 0.405 e. The van der Waals surface area contributed by atoms with Gasteiger partial charge in [-0.2, -0.15) is 13.2 Å². The van der Waals surface area contributed by atoms with E-state index in [0.717, 1.165) is 12.8 Å². The summed E-state index contributed by atoms with van der Waals surface area (Å²) < 4.78 is 44.4. The zero-order chi connectivity index (χ0) is 15.3. The van der Waals surface area contributed by atoms with Gasteiger partial charge in [0.25, 0.3) is 0 Å². The van der Waals surface area contributed by atoms with E-state index in [9.17, 15) is 18.0 Å². The molecule has 0 bridgehead atoms. The Labute approximate surface area is 134 Å². The fourth-order valence-corrected chi connectivity index (χ4v) is 2.31. The lowest BCUT2D eigenvalue weighted by Gasteiger charge is -2.35. The van der Waals surface area contributed by atoms with Gasteiger partial charge in [0.2, 0.25) is 5.91 Å². The number of ether oxygens (including phenoxy) is 1. The molecule has 0 aromatic rings. The van der Waals surface area contributed by atoms with Crippen LogP contribution >= 0.6 is 12.4 Å². The molecule has 0 radical (unpaired) electrons. The van der Waals surface area contributed by atoms with E-state index in [1.54, 1.807) is 0 Å². The van der Waals surface area contributed by atoms with Gasteiger partial charge in [-0.15, -0.1) is 12.4 Å². The third kappa shape index (κ3) is 6.68. The minimum absolute atomic E-state index is 0. The summed E-state index contributed by atoms with van der Waals surface area (Å²) >= 11 is 0. The lowest BCUT2D eigenvalue weighted by Crippen LogP contribution is -2.57. The Bertz CT molecular complexity index is 348. The zero-order valence-corrected chi connectivity index (χ0v) is 13.1. The fourth-order valence-electron chi connectivity index (χ4n) is 2.31. The van der Waals surface area contributed by atoms with Crippen molar-refractivity contribution in [3.05, 3.63) is 0 Å². The number of hydrogen-bond acceptors (Lipinski definition) is 4. The first-order valence-corrected chi connectivity index (χ1v) is 7.32. The minimum Gasteiger partial charge on any atom is -0.371 e. The predicted molar refractivity (Wildman–Crippen MR) is 78.1 cm³/mol. The lowest BCUT2D eigenvalue weighted by atomic mass is 10.2. The van der Waals surface area contributed by atoms with Crippen molar-refractivity contribution in [3.63, 3.8) is 0 Å².